The van der Waals surface area contributed by atoms with Crippen LogP contribution >= 0.6 is 0 Å². The van der Waals surface area contributed by atoms with Crippen molar-refractivity contribution in [2.45, 2.75) is 65.0 Å². The summed E-state index contributed by atoms with van der Waals surface area (Å²) in [6.07, 6.45) is 7.63. The van der Waals surface area contributed by atoms with Crippen molar-refractivity contribution in [3.63, 3.8) is 0 Å². The Morgan fingerprint density at radius 1 is 1.18 bits per heavy atom. The number of hydrogen-bond acceptors (Lipinski definition) is 5. The van der Waals surface area contributed by atoms with Gasteiger partial charge in [0.25, 0.3) is 5.56 Å². The number of carbonyl (C=O) groups excluding carboxylic acids is 1. The third kappa shape index (κ3) is 4.94. The number of aryl methyl sites for hydroxylation is 2. The van der Waals surface area contributed by atoms with Gasteiger partial charge in [-0.3, -0.25) is 24.0 Å². The molecule has 0 spiro atoms. The minimum atomic E-state index is -0.685. The average Bonchev–Trinajstić information content (AvgIpc) is 3.31. The number of aromatic amines is 1. The number of rotatable bonds is 8. The first kappa shape index (κ1) is 22.6. The summed E-state index contributed by atoms with van der Waals surface area (Å²) < 4.78 is 6.76. The van der Waals surface area contributed by atoms with Crippen LogP contribution in [0.3, 0.4) is 0 Å². The lowest BCUT2D eigenvalue weighted by molar-refractivity contribution is -0.118. The molecule has 0 bridgehead atoms. The van der Waals surface area contributed by atoms with E-state index in [1.165, 1.54) is 33.3 Å². The number of unbranched alkanes of at least 4 members (excludes halogenated alkanes) is 1. The molecule has 0 fully saturated rings. The van der Waals surface area contributed by atoms with Crippen LogP contribution in [-0.4, -0.2) is 15.5 Å². The van der Waals surface area contributed by atoms with E-state index in [9.17, 15) is 14.4 Å². The zero-order valence-electron chi connectivity index (χ0n) is 18.9. The lowest BCUT2D eigenvalue weighted by Crippen LogP contribution is -2.41. The van der Waals surface area contributed by atoms with Gasteiger partial charge in [-0.05, 0) is 60.9 Å². The summed E-state index contributed by atoms with van der Waals surface area (Å²) in [6.45, 7) is 2.40. The number of nitrogens with two attached hydrogens (primary N) is 1. The van der Waals surface area contributed by atoms with Crippen molar-refractivity contribution in [3.05, 3.63) is 79.9 Å². The van der Waals surface area contributed by atoms with Gasteiger partial charge in [-0.15, -0.1) is 0 Å². The first-order valence-electron chi connectivity index (χ1n) is 11.5. The molecule has 1 aromatic carbocycles. The molecular weight excluding hydrogens is 420 g/mol. The van der Waals surface area contributed by atoms with E-state index in [0.717, 1.165) is 37.7 Å². The van der Waals surface area contributed by atoms with E-state index in [4.69, 9.17) is 10.2 Å². The Bertz CT molecular complexity index is 1240. The Kier molecular flexibility index (Phi) is 6.82. The monoisotopic (exact) mass is 450 g/mol. The summed E-state index contributed by atoms with van der Waals surface area (Å²) in [6, 6.07) is 9.62. The highest BCUT2D eigenvalue weighted by molar-refractivity contribution is 5.96. The topological polar surface area (TPSA) is 114 Å². The number of amides is 1. The fourth-order valence-electron chi connectivity index (χ4n) is 4.39. The SMILES string of the molecule is CCCCn1c(N)c(N(Cc2ccco2)C(=O)Cc2ccc3c(c2)CCCC3)c(=O)[nH]c1=O. The van der Waals surface area contributed by atoms with Gasteiger partial charge in [0.1, 0.15) is 11.6 Å². The molecule has 4 rings (SSSR count). The molecule has 1 amide bonds. The summed E-state index contributed by atoms with van der Waals surface area (Å²) >= 11 is 0. The van der Waals surface area contributed by atoms with Crippen LogP contribution in [0.15, 0.2) is 50.6 Å². The lowest BCUT2D eigenvalue weighted by atomic mass is 9.90. The van der Waals surface area contributed by atoms with Crippen LogP contribution in [0, 0.1) is 0 Å². The number of H-pyrrole nitrogens is 1. The molecule has 33 heavy (non-hydrogen) atoms. The molecule has 0 saturated carbocycles. The fourth-order valence-corrected chi connectivity index (χ4v) is 4.39. The first-order valence-corrected chi connectivity index (χ1v) is 11.5. The molecule has 3 aromatic rings. The van der Waals surface area contributed by atoms with Crippen LogP contribution < -0.4 is 21.9 Å². The first-order chi connectivity index (χ1) is 16.0. The predicted octanol–water partition coefficient (Wildman–Crippen LogP) is 3.17. The van der Waals surface area contributed by atoms with E-state index in [1.54, 1.807) is 12.1 Å². The van der Waals surface area contributed by atoms with Gasteiger partial charge in [0.15, 0.2) is 5.69 Å². The number of fused-ring (bicyclic) bond motifs is 1. The van der Waals surface area contributed by atoms with Crippen LogP contribution in [0.1, 0.15) is 55.1 Å². The third-order valence-electron chi connectivity index (χ3n) is 6.18. The zero-order valence-corrected chi connectivity index (χ0v) is 18.9. The lowest BCUT2D eigenvalue weighted by Gasteiger charge is -2.24. The Morgan fingerprint density at radius 2 is 1.97 bits per heavy atom. The Labute approximate surface area is 192 Å². The highest BCUT2D eigenvalue weighted by atomic mass is 16.3. The van der Waals surface area contributed by atoms with Crippen LogP contribution in [-0.2, 0) is 37.1 Å². The van der Waals surface area contributed by atoms with Crippen molar-refractivity contribution in [2.75, 3.05) is 10.6 Å². The highest BCUT2D eigenvalue weighted by Gasteiger charge is 2.26. The molecule has 0 aliphatic heterocycles. The smallest absolute Gasteiger partial charge is 0.330 e. The summed E-state index contributed by atoms with van der Waals surface area (Å²) in [5, 5.41) is 0. The molecule has 174 valence electrons. The minimum absolute atomic E-state index is 0.0115. The van der Waals surface area contributed by atoms with E-state index in [-0.39, 0.29) is 30.4 Å². The molecule has 2 heterocycles. The molecule has 2 aromatic heterocycles. The molecule has 1 aliphatic rings. The van der Waals surface area contributed by atoms with Crippen LogP contribution in [0.25, 0.3) is 0 Å². The van der Waals surface area contributed by atoms with Crippen LogP contribution in [0.2, 0.25) is 0 Å². The van der Waals surface area contributed by atoms with Crippen LogP contribution in [0.5, 0.6) is 0 Å². The number of carbonyl (C=O) groups is 1. The summed E-state index contributed by atoms with van der Waals surface area (Å²) in [5.41, 5.74) is 8.53. The molecule has 1 aliphatic carbocycles. The Hall–Kier alpha value is -3.55. The van der Waals surface area contributed by atoms with Gasteiger partial charge in [0.05, 0.1) is 19.2 Å². The van der Waals surface area contributed by atoms with Gasteiger partial charge < -0.3 is 10.2 Å². The summed E-state index contributed by atoms with van der Waals surface area (Å²) in [5.74, 6) is 0.210. The minimum Gasteiger partial charge on any atom is -0.467 e. The molecule has 0 atom stereocenters. The molecule has 8 heteroatoms. The molecule has 0 unspecified atom stereocenters. The molecule has 0 saturated heterocycles. The van der Waals surface area contributed by atoms with Crippen molar-refractivity contribution in [1.82, 2.24) is 9.55 Å². The van der Waals surface area contributed by atoms with Gasteiger partial charge in [0, 0.05) is 6.54 Å². The number of aromatic nitrogens is 2. The zero-order chi connectivity index (χ0) is 23.4. The van der Waals surface area contributed by atoms with E-state index < -0.39 is 11.2 Å². The number of nitrogens with one attached hydrogen (secondary N) is 1. The average molecular weight is 451 g/mol. The van der Waals surface area contributed by atoms with Gasteiger partial charge in [-0.1, -0.05) is 31.5 Å². The second-order valence-electron chi connectivity index (χ2n) is 8.54. The van der Waals surface area contributed by atoms with Crippen molar-refractivity contribution >= 4 is 17.4 Å². The molecule has 8 nitrogen and oxygen atoms in total. The van der Waals surface area contributed by atoms with E-state index in [2.05, 4.69) is 17.1 Å². The maximum Gasteiger partial charge on any atom is 0.330 e. The largest absolute Gasteiger partial charge is 0.467 e. The Balaban J connectivity index is 1.71. The number of nitrogen functional groups attached to an aromatic ring is 1. The number of anilines is 2. The standard InChI is InChI=1S/C25H30N4O4/c1-2-3-12-28-23(26)22(24(31)27-25(28)32)29(16-20-9-6-13-33-20)21(30)15-17-10-11-18-7-4-5-8-19(18)14-17/h6,9-11,13-14H,2-5,7-8,12,15-16,26H2,1H3,(H,27,31,32). The van der Waals surface area contributed by atoms with Crippen molar-refractivity contribution < 1.29 is 9.21 Å². The third-order valence-corrected chi connectivity index (χ3v) is 6.18. The molecular formula is C25H30N4O4. The number of nitrogens with zero attached hydrogens (tertiary/aromatic N) is 2. The maximum absolute atomic E-state index is 13.5. The van der Waals surface area contributed by atoms with Crippen molar-refractivity contribution in [1.29, 1.82) is 0 Å². The fraction of sp³-hybridized carbons (Fsp3) is 0.400. The van der Waals surface area contributed by atoms with Gasteiger partial charge in [-0.2, -0.15) is 0 Å². The normalized spacial score (nSPS) is 13.0. The van der Waals surface area contributed by atoms with E-state index >= 15 is 0 Å². The summed E-state index contributed by atoms with van der Waals surface area (Å²) in [4.78, 5) is 42.4. The summed E-state index contributed by atoms with van der Waals surface area (Å²) in [7, 11) is 0. The van der Waals surface area contributed by atoms with Crippen LogP contribution in [0.4, 0.5) is 11.5 Å². The number of benzene rings is 1. The predicted molar refractivity (Wildman–Crippen MR) is 127 cm³/mol. The van der Waals surface area contributed by atoms with Gasteiger partial charge >= 0.3 is 5.69 Å². The number of furan rings is 1. The van der Waals surface area contributed by atoms with Crippen molar-refractivity contribution in [2.24, 2.45) is 0 Å². The highest BCUT2D eigenvalue weighted by Crippen LogP contribution is 2.25. The second-order valence-corrected chi connectivity index (χ2v) is 8.54. The quantitative estimate of drug-likeness (QED) is 0.547. The number of hydrogen-bond donors (Lipinski definition) is 2. The van der Waals surface area contributed by atoms with E-state index in [0.29, 0.717) is 12.3 Å². The van der Waals surface area contributed by atoms with E-state index in [1.807, 2.05) is 13.0 Å². The maximum atomic E-state index is 13.5. The molecule has 0 radical (unpaired) electrons. The van der Waals surface area contributed by atoms with Crippen molar-refractivity contribution in [3.8, 4) is 0 Å². The van der Waals surface area contributed by atoms with Gasteiger partial charge in [0.2, 0.25) is 5.91 Å². The van der Waals surface area contributed by atoms with Gasteiger partial charge in [-0.25, -0.2) is 4.79 Å². The second kappa shape index (κ2) is 9.94. The Morgan fingerprint density at radius 3 is 2.70 bits per heavy atom. The molecule has 3 N–H and O–H groups in total.